The molecule has 1 aromatic rings. The van der Waals surface area contributed by atoms with Gasteiger partial charge >= 0.3 is 30.9 Å². The summed E-state index contributed by atoms with van der Waals surface area (Å²) < 4.78 is 5.42. The number of nitrogens with two attached hydrogens (primary N) is 1. The predicted molar refractivity (Wildman–Crippen MR) is 125 cm³/mol. The van der Waals surface area contributed by atoms with Gasteiger partial charge in [-0.05, 0) is 37.8 Å². The Morgan fingerprint density at radius 3 is 2.58 bits per heavy atom. The zero-order valence-electron chi connectivity index (χ0n) is 19.7. The topological polar surface area (TPSA) is 192 Å². The molecular formula is C22H28BN5O8. The van der Waals surface area contributed by atoms with Crippen molar-refractivity contribution in [1.29, 1.82) is 0 Å². The van der Waals surface area contributed by atoms with Gasteiger partial charge in [0, 0.05) is 31.6 Å². The second-order valence-electron chi connectivity index (χ2n) is 9.22. The molecule has 0 radical (unpaired) electrons. The van der Waals surface area contributed by atoms with Crippen LogP contribution in [-0.4, -0.2) is 94.9 Å². The Hall–Kier alpha value is -3.65. The summed E-state index contributed by atoms with van der Waals surface area (Å²) in [7, 11) is -1.53. The van der Waals surface area contributed by atoms with Crippen LogP contribution >= 0.6 is 0 Å². The van der Waals surface area contributed by atoms with Gasteiger partial charge in [-0.1, -0.05) is 12.1 Å². The van der Waals surface area contributed by atoms with E-state index in [9.17, 15) is 34.1 Å². The Kier molecular flexibility index (Phi) is 6.91. The molecule has 5 amide bonds. The number of hydrogen-bond acceptors (Lipinski definition) is 8. The average Bonchev–Trinajstić information content (AvgIpc) is 3.65. The van der Waals surface area contributed by atoms with Crippen LogP contribution in [0, 0.1) is 5.41 Å². The SMILES string of the molecule is CCN1CCN(C(=O)N[C@H](C(=O)N[C@H]2Cc3cccc(C(=O)O)c3OB2O)C2(CN)CC2)C(=O)C1=O. The lowest BCUT2D eigenvalue weighted by atomic mass is 9.72. The number of rotatable bonds is 7. The van der Waals surface area contributed by atoms with E-state index in [-0.39, 0.29) is 37.4 Å². The molecule has 6 N–H and O–H groups in total. The predicted octanol–water partition coefficient (Wildman–Crippen LogP) is -1.67. The van der Waals surface area contributed by atoms with Gasteiger partial charge in [0.25, 0.3) is 0 Å². The number of amides is 5. The molecule has 0 spiro atoms. The Bertz CT molecular complexity index is 1110. The molecule has 0 unspecified atom stereocenters. The molecule has 2 fully saturated rings. The van der Waals surface area contributed by atoms with Gasteiger partial charge in [-0.2, -0.15) is 0 Å². The van der Waals surface area contributed by atoms with Crippen LogP contribution in [0.1, 0.15) is 35.7 Å². The van der Waals surface area contributed by atoms with Gasteiger partial charge in [-0.25, -0.2) is 9.59 Å². The molecular weight excluding hydrogens is 473 g/mol. The van der Waals surface area contributed by atoms with Gasteiger partial charge in [0.15, 0.2) is 0 Å². The van der Waals surface area contributed by atoms with E-state index in [2.05, 4.69) is 10.6 Å². The monoisotopic (exact) mass is 501 g/mol. The van der Waals surface area contributed by atoms with Gasteiger partial charge in [-0.15, -0.1) is 0 Å². The summed E-state index contributed by atoms with van der Waals surface area (Å²) in [5.41, 5.74) is 5.57. The summed E-state index contributed by atoms with van der Waals surface area (Å²) in [6.45, 7) is 2.34. The number of piperazine rings is 1. The largest absolute Gasteiger partial charge is 0.547 e. The van der Waals surface area contributed by atoms with E-state index in [0.29, 0.717) is 24.9 Å². The highest BCUT2D eigenvalue weighted by Gasteiger charge is 2.54. The molecule has 2 heterocycles. The quantitative estimate of drug-likeness (QED) is 0.215. The van der Waals surface area contributed by atoms with E-state index >= 15 is 0 Å². The number of imide groups is 1. The van der Waals surface area contributed by atoms with Crippen molar-refractivity contribution in [2.75, 3.05) is 26.2 Å². The van der Waals surface area contributed by atoms with E-state index in [4.69, 9.17) is 10.4 Å². The maximum Gasteiger partial charge on any atom is 0.547 e. The molecule has 3 aliphatic rings. The molecule has 2 atom stereocenters. The number of fused-ring (bicyclic) bond motifs is 1. The molecule has 14 heteroatoms. The highest BCUT2D eigenvalue weighted by atomic mass is 16.5. The van der Waals surface area contributed by atoms with E-state index in [1.807, 2.05) is 0 Å². The minimum Gasteiger partial charge on any atom is -0.534 e. The van der Waals surface area contributed by atoms with Crippen molar-refractivity contribution in [2.45, 2.75) is 38.2 Å². The van der Waals surface area contributed by atoms with Gasteiger partial charge < -0.3 is 36.1 Å². The lowest BCUT2D eigenvalue weighted by molar-refractivity contribution is -0.153. The first-order valence-electron chi connectivity index (χ1n) is 11.7. The summed E-state index contributed by atoms with van der Waals surface area (Å²) in [4.78, 5) is 64.5. The summed E-state index contributed by atoms with van der Waals surface area (Å²) >= 11 is 0. The third kappa shape index (κ3) is 4.61. The highest BCUT2D eigenvalue weighted by Crippen LogP contribution is 2.48. The van der Waals surface area contributed by atoms with E-state index in [0.717, 1.165) is 4.90 Å². The number of hydrogen-bond donors (Lipinski definition) is 5. The normalized spacial score (nSPS) is 21.3. The molecule has 192 valence electrons. The van der Waals surface area contributed by atoms with Gasteiger partial charge in [-0.3, -0.25) is 19.3 Å². The van der Waals surface area contributed by atoms with Crippen LogP contribution in [0.3, 0.4) is 0 Å². The number of likely N-dealkylation sites (N-methyl/N-ethyl adjacent to an activating group) is 1. The number of nitrogens with one attached hydrogen (secondary N) is 2. The fourth-order valence-electron chi connectivity index (χ4n) is 4.62. The molecule has 36 heavy (non-hydrogen) atoms. The first-order chi connectivity index (χ1) is 17.1. The van der Waals surface area contributed by atoms with Crippen molar-refractivity contribution < 1.29 is 38.8 Å². The third-order valence-corrected chi connectivity index (χ3v) is 7.05. The molecule has 2 aliphatic heterocycles. The fourth-order valence-corrected chi connectivity index (χ4v) is 4.62. The molecule has 1 saturated heterocycles. The molecule has 13 nitrogen and oxygen atoms in total. The zero-order chi connectivity index (χ0) is 26.2. The van der Waals surface area contributed by atoms with E-state index < -0.39 is 54.2 Å². The number of carbonyl (C=O) groups is 5. The van der Waals surface area contributed by atoms with E-state index in [1.54, 1.807) is 13.0 Å². The number of para-hydroxylation sites is 1. The van der Waals surface area contributed by atoms with Crippen molar-refractivity contribution in [2.24, 2.45) is 11.1 Å². The number of benzene rings is 1. The van der Waals surface area contributed by atoms with Crippen LogP contribution in [0.4, 0.5) is 4.79 Å². The maximum atomic E-state index is 13.3. The Morgan fingerprint density at radius 1 is 1.25 bits per heavy atom. The summed E-state index contributed by atoms with van der Waals surface area (Å²) in [6, 6.07) is 2.52. The van der Waals surface area contributed by atoms with Crippen LogP contribution in [0.5, 0.6) is 5.75 Å². The van der Waals surface area contributed by atoms with Crippen molar-refractivity contribution in [3.63, 3.8) is 0 Å². The Balaban J connectivity index is 1.49. The van der Waals surface area contributed by atoms with Crippen LogP contribution in [-0.2, 0) is 20.8 Å². The van der Waals surface area contributed by atoms with Crippen LogP contribution in [0.15, 0.2) is 18.2 Å². The summed E-state index contributed by atoms with van der Waals surface area (Å²) in [5, 5.41) is 25.1. The molecule has 0 aromatic heterocycles. The maximum absolute atomic E-state index is 13.3. The minimum atomic E-state index is -1.53. The number of carboxylic acid groups (broad SMARTS) is 1. The molecule has 4 rings (SSSR count). The Morgan fingerprint density at radius 2 is 1.97 bits per heavy atom. The van der Waals surface area contributed by atoms with Gasteiger partial charge in [0.2, 0.25) is 5.91 Å². The van der Waals surface area contributed by atoms with Crippen molar-refractivity contribution in [3.05, 3.63) is 29.3 Å². The average molecular weight is 501 g/mol. The third-order valence-electron chi connectivity index (χ3n) is 7.05. The summed E-state index contributed by atoms with van der Waals surface area (Å²) in [5.74, 6) is -4.51. The lowest BCUT2D eigenvalue weighted by Crippen LogP contribution is -2.64. The minimum absolute atomic E-state index is 0.00785. The first kappa shape index (κ1) is 25.4. The molecule has 1 aromatic carbocycles. The van der Waals surface area contributed by atoms with Crippen LogP contribution in [0.2, 0.25) is 0 Å². The zero-order valence-corrected chi connectivity index (χ0v) is 19.7. The number of carboxylic acids is 1. The number of aromatic carboxylic acids is 1. The summed E-state index contributed by atoms with van der Waals surface area (Å²) in [6.07, 6.45) is 1.21. The Labute approximate surface area is 207 Å². The van der Waals surface area contributed by atoms with Gasteiger partial charge in [0.05, 0.1) is 11.5 Å². The molecule has 1 saturated carbocycles. The lowest BCUT2D eigenvalue weighted by Gasteiger charge is -2.35. The second kappa shape index (κ2) is 9.78. The van der Waals surface area contributed by atoms with Crippen molar-refractivity contribution in [3.8, 4) is 5.75 Å². The van der Waals surface area contributed by atoms with Crippen LogP contribution in [0.25, 0.3) is 0 Å². The van der Waals surface area contributed by atoms with Gasteiger partial charge in [0.1, 0.15) is 11.8 Å². The van der Waals surface area contributed by atoms with Crippen LogP contribution < -0.4 is 21.0 Å². The second-order valence-corrected chi connectivity index (χ2v) is 9.22. The smallest absolute Gasteiger partial charge is 0.534 e. The molecule has 1 aliphatic carbocycles. The molecule has 0 bridgehead atoms. The van der Waals surface area contributed by atoms with E-state index in [1.165, 1.54) is 17.0 Å². The van der Waals surface area contributed by atoms with Crippen molar-refractivity contribution in [1.82, 2.24) is 20.4 Å². The number of urea groups is 1. The fraction of sp³-hybridized carbons (Fsp3) is 0.500. The number of nitrogens with zero attached hydrogens (tertiary/aromatic N) is 2. The standard InChI is InChI=1S/C22H28BN5O8/c1-2-27-8-9-28(19(31)18(27)30)21(34)26-16(22(11-24)6-7-22)17(29)25-14-10-12-4-3-5-13(20(32)33)15(12)36-23(14)35/h3-5,14,16,35H,2,6-11,24H2,1H3,(H,25,29)(H,26,34)(H,32,33)/t14-,16+/m0/s1. The first-order valence-corrected chi connectivity index (χ1v) is 11.7. The highest BCUT2D eigenvalue weighted by molar-refractivity contribution is 6.47. The van der Waals surface area contributed by atoms with Crippen molar-refractivity contribution >= 4 is 36.8 Å². The number of carbonyl (C=O) groups excluding carboxylic acids is 4.